The number of carbonyl (C=O) groups excluding carboxylic acids is 1. The highest BCUT2D eigenvalue weighted by Gasteiger charge is 2.20. The van der Waals surface area contributed by atoms with E-state index >= 15 is 0 Å². The lowest BCUT2D eigenvalue weighted by Crippen LogP contribution is -2.24. The zero-order valence-electron chi connectivity index (χ0n) is 21.9. The highest BCUT2D eigenvalue weighted by molar-refractivity contribution is 5.60. The minimum atomic E-state index is -0.583. The van der Waals surface area contributed by atoms with Gasteiger partial charge in [0.2, 0.25) is 0 Å². The van der Waals surface area contributed by atoms with Gasteiger partial charge in [-0.2, -0.15) is 0 Å². The Morgan fingerprint density at radius 3 is 1.81 bits per heavy atom. The molecule has 1 unspecified atom stereocenters. The molecule has 5 nitrogen and oxygen atoms in total. The molecule has 0 aliphatic heterocycles. The fourth-order valence-electron chi connectivity index (χ4n) is 4.25. The van der Waals surface area contributed by atoms with Crippen molar-refractivity contribution in [3.05, 3.63) is 0 Å². The number of unbranched alkanes of at least 4 members (excludes halogenated alkanes) is 10. The smallest absolute Gasteiger partial charge is 0.434 e. The van der Waals surface area contributed by atoms with Crippen LogP contribution in [0.5, 0.6) is 0 Å². The predicted octanol–water partition coefficient (Wildman–Crippen LogP) is 7.35. The predicted molar refractivity (Wildman–Crippen MR) is 135 cm³/mol. The lowest BCUT2D eigenvalue weighted by Gasteiger charge is -2.23. The van der Waals surface area contributed by atoms with Crippen molar-refractivity contribution in [2.24, 2.45) is 5.92 Å². The zero-order valence-corrected chi connectivity index (χ0v) is 21.9. The van der Waals surface area contributed by atoms with Crippen molar-refractivity contribution in [1.82, 2.24) is 4.90 Å². The monoisotopic (exact) mass is 457 g/mol. The third-order valence-corrected chi connectivity index (χ3v) is 6.21. The summed E-state index contributed by atoms with van der Waals surface area (Å²) >= 11 is 0. The number of hydrogen-bond donors (Lipinski definition) is 1. The van der Waals surface area contributed by atoms with Gasteiger partial charge >= 0.3 is 6.16 Å². The van der Waals surface area contributed by atoms with Gasteiger partial charge in [-0.15, -0.1) is 0 Å². The molecule has 0 rings (SSSR count). The number of aliphatic hydroxyl groups excluding tert-OH is 1. The molecule has 0 saturated heterocycles. The Morgan fingerprint density at radius 1 is 0.781 bits per heavy atom. The maximum absolute atomic E-state index is 12.1. The minimum Gasteiger partial charge on any atom is -0.434 e. The quantitative estimate of drug-likeness (QED) is 0.128. The molecule has 0 amide bonds. The third kappa shape index (κ3) is 21.1. The van der Waals surface area contributed by atoms with Crippen LogP contribution in [0.2, 0.25) is 0 Å². The molecule has 1 atom stereocenters. The molecule has 0 saturated carbocycles. The van der Waals surface area contributed by atoms with Gasteiger partial charge < -0.3 is 19.5 Å². The average Bonchev–Trinajstić information content (AvgIpc) is 2.75. The molecule has 0 aromatic rings. The summed E-state index contributed by atoms with van der Waals surface area (Å²) < 4.78 is 10.9. The van der Waals surface area contributed by atoms with Crippen molar-refractivity contribution in [2.75, 3.05) is 33.9 Å². The van der Waals surface area contributed by atoms with Crippen LogP contribution in [-0.4, -0.2) is 56.1 Å². The third-order valence-electron chi connectivity index (χ3n) is 6.21. The number of aliphatic hydroxyl groups is 1. The van der Waals surface area contributed by atoms with E-state index in [-0.39, 0.29) is 12.7 Å². The Bertz CT molecular complexity index is 387. The molecule has 5 heteroatoms. The van der Waals surface area contributed by atoms with E-state index in [2.05, 4.69) is 18.7 Å². The Morgan fingerprint density at radius 2 is 1.31 bits per heavy atom. The molecular formula is C27H55NO4. The number of carbonyl (C=O) groups is 1. The van der Waals surface area contributed by atoms with E-state index in [4.69, 9.17) is 9.47 Å². The minimum absolute atomic E-state index is 0.0410. The summed E-state index contributed by atoms with van der Waals surface area (Å²) in [6.45, 7) is 5.81. The molecule has 192 valence electrons. The van der Waals surface area contributed by atoms with E-state index in [0.717, 1.165) is 19.4 Å². The second-order valence-electron chi connectivity index (χ2n) is 9.72. The standard InChI is InChI=1S/C27H55NO4/c1-5-7-9-11-13-15-18-25(19-16-14-12-10-8-6-2)24-26(20-22-29)32-27(30)31-23-17-21-28(3)4/h25-26,29H,5-24H2,1-4H3. The summed E-state index contributed by atoms with van der Waals surface area (Å²) in [4.78, 5) is 14.2. The Balaban J connectivity index is 4.48. The van der Waals surface area contributed by atoms with Gasteiger partial charge in [0, 0.05) is 19.6 Å². The van der Waals surface area contributed by atoms with E-state index in [0.29, 0.717) is 18.9 Å². The largest absolute Gasteiger partial charge is 0.508 e. The van der Waals surface area contributed by atoms with Gasteiger partial charge in [0.15, 0.2) is 0 Å². The average molecular weight is 458 g/mol. The van der Waals surface area contributed by atoms with Crippen LogP contribution >= 0.6 is 0 Å². The van der Waals surface area contributed by atoms with Gasteiger partial charge in [-0.1, -0.05) is 104 Å². The molecule has 0 heterocycles. The van der Waals surface area contributed by atoms with Crippen LogP contribution in [-0.2, 0) is 9.47 Å². The van der Waals surface area contributed by atoms with Gasteiger partial charge in [0.25, 0.3) is 0 Å². The van der Waals surface area contributed by atoms with Crippen LogP contribution in [0.4, 0.5) is 4.79 Å². The number of hydrogen-bond acceptors (Lipinski definition) is 5. The topological polar surface area (TPSA) is 59.0 Å². The van der Waals surface area contributed by atoms with Crippen LogP contribution in [0.1, 0.15) is 123 Å². The van der Waals surface area contributed by atoms with Crippen molar-refractivity contribution in [1.29, 1.82) is 0 Å². The number of ether oxygens (including phenoxy) is 2. The molecule has 32 heavy (non-hydrogen) atoms. The summed E-state index contributed by atoms with van der Waals surface area (Å²) in [7, 11) is 4.01. The highest BCUT2D eigenvalue weighted by atomic mass is 16.7. The Kier molecular flexibility index (Phi) is 22.8. The molecular weight excluding hydrogens is 402 g/mol. The SMILES string of the molecule is CCCCCCCCC(CCCCCCCC)CC(CCO)OC(=O)OCCCN(C)C. The molecule has 0 radical (unpaired) electrons. The van der Waals surface area contributed by atoms with Crippen molar-refractivity contribution >= 4 is 6.16 Å². The van der Waals surface area contributed by atoms with Gasteiger partial charge in [0.05, 0.1) is 6.61 Å². The summed E-state index contributed by atoms with van der Waals surface area (Å²) in [6, 6.07) is 0. The lowest BCUT2D eigenvalue weighted by atomic mass is 9.88. The fraction of sp³-hybridized carbons (Fsp3) is 0.963. The highest BCUT2D eigenvalue weighted by Crippen LogP contribution is 2.25. The Labute approximate surface area is 199 Å². The van der Waals surface area contributed by atoms with E-state index in [9.17, 15) is 9.90 Å². The van der Waals surface area contributed by atoms with Crippen LogP contribution in [0.15, 0.2) is 0 Å². The maximum Gasteiger partial charge on any atom is 0.508 e. The molecule has 0 fully saturated rings. The summed E-state index contributed by atoms with van der Waals surface area (Å²) in [6.07, 6.45) is 19.4. The lowest BCUT2D eigenvalue weighted by molar-refractivity contribution is 0.00488. The molecule has 0 aliphatic carbocycles. The fourth-order valence-corrected chi connectivity index (χ4v) is 4.25. The first kappa shape index (κ1) is 31.2. The van der Waals surface area contributed by atoms with Gasteiger partial charge in [-0.05, 0) is 32.9 Å². The summed E-state index contributed by atoms with van der Waals surface area (Å²) in [5, 5.41) is 9.49. The van der Waals surface area contributed by atoms with Crippen LogP contribution in [0.3, 0.4) is 0 Å². The molecule has 0 aromatic carbocycles. The first-order valence-corrected chi connectivity index (χ1v) is 13.6. The van der Waals surface area contributed by atoms with Crippen molar-refractivity contribution in [3.63, 3.8) is 0 Å². The van der Waals surface area contributed by atoms with Crippen LogP contribution in [0.25, 0.3) is 0 Å². The van der Waals surface area contributed by atoms with E-state index in [1.54, 1.807) is 0 Å². The van der Waals surface area contributed by atoms with Gasteiger partial charge in [0.1, 0.15) is 6.10 Å². The second-order valence-corrected chi connectivity index (χ2v) is 9.72. The van der Waals surface area contributed by atoms with E-state index in [1.807, 2.05) is 14.1 Å². The second kappa shape index (κ2) is 23.4. The van der Waals surface area contributed by atoms with Crippen molar-refractivity contribution < 1.29 is 19.4 Å². The molecule has 0 aliphatic rings. The molecule has 1 N–H and O–H groups in total. The first-order chi connectivity index (χ1) is 15.5. The van der Waals surface area contributed by atoms with Crippen molar-refractivity contribution in [2.45, 2.75) is 129 Å². The zero-order chi connectivity index (χ0) is 23.9. The first-order valence-electron chi connectivity index (χ1n) is 13.6. The number of nitrogens with zero attached hydrogens (tertiary/aromatic N) is 1. The maximum atomic E-state index is 12.1. The van der Waals surface area contributed by atoms with E-state index < -0.39 is 6.16 Å². The normalized spacial score (nSPS) is 12.5. The Hall–Kier alpha value is -0.810. The molecule has 0 spiro atoms. The van der Waals surface area contributed by atoms with Gasteiger partial charge in [-0.3, -0.25) is 0 Å². The van der Waals surface area contributed by atoms with Gasteiger partial charge in [-0.25, -0.2) is 4.79 Å². The summed E-state index contributed by atoms with van der Waals surface area (Å²) in [5.74, 6) is 0.561. The molecule has 0 bridgehead atoms. The number of rotatable bonds is 23. The van der Waals surface area contributed by atoms with Crippen LogP contribution in [0, 0.1) is 5.92 Å². The van der Waals surface area contributed by atoms with Crippen molar-refractivity contribution in [3.8, 4) is 0 Å². The summed E-state index contributed by atoms with van der Waals surface area (Å²) in [5.41, 5.74) is 0. The van der Waals surface area contributed by atoms with E-state index in [1.165, 1.54) is 89.9 Å². The van der Waals surface area contributed by atoms with Crippen LogP contribution < -0.4 is 0 Å². The molecule has 0 aromatic heterocycles.